The van der Waals surface area contributed by atoms with Gasteiger partial charge in [-0.05, 0) is 41.8 Å². The lowest BCUT2D eigenvalue weighted by molar-refractivity contribution is -0.148. The molecule has 0 spiro atoms. The topological polar surface area (TPSA) is 94.2 Å². The van der Waals surface area contributed by atoms with Crippen molar-refractivity contribution >= 4 is 46.9 Å². The summed E-state index contributed by atoms with van der Waals surface area (Å²) in [5.74, 6) is -0.0339. The minimum Gasteiger partial charge on any atom is -0.461 e. The number of hydrogen-bond donors (Lipinski definition) is 1. The zero-order valence-corrected chi connectivity index (χ0v) is 23.5. The first kappa shape index (κ1) is 30.8. The molecule has 0 aliphatic rings. The van der Waals surface area contributed by atoms with Crippen LogP contribution in [0.25, 0.3) is 0 Å². The van der Waals surface area contributed by atoms with Crippen LogP contribution in [-0.4, -0.2) is 48.9 Å². The molecule has 0 aliphatic heterocycles. The van der Waals surface area contributed by atoms with E-state index in [1.165, 1.54) is 0 Å². The van der Waals surface area contributed by atoms with Crippen molar-refractivity contribution in [3.05, 3.63) is 96.1 Å². The minimum absolute atomic E-state index is 0.0217. The van der Waals surface area contributed by atoms with Crippen molar-refractivity contribution in [2.75, 3.05) is 29.7 Å². The van der Waals surface area contributed by atoms with Gasteiger partial charge in [0.2, 0.25) is 0 Å². The molecule has 212 valence electrons. The number of nitrogens with zero attached hydrogens (tertiary/aromatic N) is 1. The van der Waals surface area contributed by atoms with Crippen molar-refractivity contribution in [1.82, 2.24) is 5.32 Å². The highest BCUT2D eigenvalue weighted by molar-refractivity contribution is 6.18. The Labute approximate surface area is 244 Å². The van der Waals surface area contributed by atoms with E-state index in [2.05, 4.69) is 5.32 Å². The Morgan fingerprint density at radius 3 is 1.85 bits per heavy atom. The Morgan fingerprint density at radius 1 is 0.750 bits per heavy atom. The SMILES string of the molecule is O=C(CC[C@@H](NC(=O)Oc1ccc(N(CCCl)CCCl)cc1)C(=O)OCc1ccccc1)OCc1ccccc1. The van der Waals surface area contributed by atoms with Gasteiger partial charge in [-0.25, -0.2) is 9.59 Å². The molecule has 0 heterocycles. The molecule has 0 saturated carbocycles. The maximum absolute atomic E-state index is 12.9. The van der Waals surface area contributed by atoms with Gasteiger partial charge in [-0.1, -0.05) is 60.7 Å². The van der Waals surface area contributed by atoms with Crippen LogP contribution in [0.4, 0.5) is 10.5 Å². The molecule has 8 nitrogen and oxygen atoms in total. The molecule has 0 saturated heterocycles. The number of alkyl halides is 2. The van der Waals surface area contributed by atoms with E-state index in [0.29, 0.717) is 24.8 Å². The molecule has 3 aromatic carbocycles. The van der Waals surface area contributed by atoms with Crippen LogP contribution in [0.2, 0.25) is 0 Å². The Balaban J connectivity index is 1.58. The van der Waals surface area contributed by atoms with E-state index in [1.54, 1.807) is 24.3 Å². The smallest absolute Gasteiger partial charge is 0.413 e. The molecule has 3 rings (SSSR count). The van der Waals surface area contributed by atoms with Gasteiger partial charge in [0.15, 0.2) is 0 Å². The molecule has 0 bridgehead atoms. The Morgan fingerprint density at radius 2 is 1.30 bits per heavy atom. The van der Waals surface area contributed by atoms with Gasteiger partial charge >= 0.3 is 18.0 Å². The number of benzene rings is 3. The summed E-state index contributed by atoms with van der Waals surface area (Å²) in [5.41, 5.74) is 2.51. The zero-order valence-electron chi connectivity index (χ0n) is 22.0. The summed E-state index contributed by atoms with van der Waals surface area (Å²) in [6.07, 6.45) is -0.990. The van der Waals surface area contributed by atoms with Crippen molar-refractivity contribution in [2.45, 2.75) is 32.1 Å². The van der Waals surface area contributed by atoms with Crippen LogP contribution in [0.3, 0.4) is 0 Å². The lowest BCUT2D eigenvalue weighted by atomic mass is 10.1. The number of carbonyl (C=O) groups is 3. The fraction of sp³-hybridized carbons (Fsp3) is 0.300. The van der Waals surface area contributed by atoms with Crippen LogP contribution in [0.1, 0.15) is 24.0 Å². The summed E-state index contributed by atoms with van der Waals surface area (Å²) in [7, 11) is 0. The quantitative estimate of drug-likeness (QED) is 0.180. The molecule has 0 radical (unpaired) electrons. The maximum Gasteiger partial charge on any atom is 0.413 e. The molecular weight excluding hydrogens is 555 g/mol. The third-order valence-corrected chi connectivity index (χ3v) is 6.14. The highest BCUT2D eigenvalue weighted by Crippen LogP contribution is 2.20. The summed E-state index contributed by atoms with van der Waals surface area (Å²) < 4.78 is 16.1. The highest BCUT2D eigenvalue weighted by Gasteiger charge is 2.25. The molecule has 3 aromatic rings. The highest BCUT2D eigenvalue weighted by atomic mass is 35.5. The molecule has 1 amide bonds. The molecule has 1 N–H and O–H groups in total. The predicted molar refractivity (Wildman–Crippen MR) is 155 cm³/mol. The third kappa shape index (κ3) is 10.8. The number of carbonyl (C=O) groups excluding carboxylic acids is 3. The van der Waals surface area contributed by atoms with E-state index < -0.39 is 24.1 Å². The summed E-state index contributed by atoms with van der Waals surface area (Å²) in [5, 5.41) is 2.52. The van der Waals surface area contributed by atoms with Gasteiger partial charge in [-0.15, -0.1) is 23.2 Å². The number of nitrogens with one attached hydrogen (secondary N) is 1. The van der Waals surface area contributed by atoms with Gasteiger partial charge in [-0.3, -0.25) is 4.79 Å². The van der Waals surface area contributed by atoms with Crippen molar-refractivity contribution in [3.63, 3.8) is 0 Å². The second-order valence-electron chi connectivity index (χ2n) is 8.72. The summed E-state index contributed by atoms with van der Waals surface area (Å²) in [6, 6.07) is 24.1. The number of hydrogen-bond acceptors (Lipinski definition) is 7. The standard InChI is InChI=1S/C30H32Cl2N2O6/c31-17-19-34(20-18-32)25-11-13-26(14-12-25)40-30(37)33-27(29(36)39-22-24-9-5-2-6-10-24)15-16-28(35)38-21-23-7-3-1-4-8-23/h1-14,27H,15-22H2,(H,33,37)/t27-/m1/s1. The average molecular weight is 588 g/mol. The van der Waals surface area contributed by atoms with E-state index in [-0.39, 0.29) is 31.8 Å². The fourth-order valence-corrected chi connectivity index (χ4v) is 4.14. The van der Waals surface area contributed by atoms with E-state index in [1.807, 2.05) is 65.6 Å². The number of halogens is 2. The first-order chi connectivity index (χ1) is 19.5. The van der Waals surface area contributed by atoms with Crippen LogP contribution < -0.4 is 15.0 Å². The van der Waals surface area contributed by atoms with Gasteiger partial charge in [0.1, 0.15) is 25.0 Å². The van der Waals surface area contributed by atoms with Crippen molar-refractivity contribution in [2.24, 2.45) is 0 Å². The monoisotopic (exact) mass is 586 g/mol. The second-order valence-corrected chi connectivity index (χ2v) is 9.48. The Hall–Kier alpha value is -3.75. The Bertz CT molecular complexity index is 1190. The molecule has 1 atom stereocenters. The van der Waals surface area contributed by atoms with Crippen LogP contribution in [0.15, 0.2) is 84.9 Å². The van der Waals surface area contributed by atoms with Crippen molar-refractivity contribution < 1.29 is 28.6 Å². The zero-order chi connectivity index (χ0) is 28.6. The number of anilines is 1. The van der Waals surface area contributed by atoms with Gasteiger partial charge in [0, 0.05) is 37.0 Å². The molecule has 0 unspecified atom stereocenters. The summed E-state index contributed by atoms with van der Waals surface area (Å²) in [4.78, 5) is 39.9. The van der Waals surface area contributed by atoms with Crippen LogP contribution in [0, 0.1) is 0 Å². The Kier molecular flexibility index (Phi) is 13.1. The first-order valence-corrected chi connectivity index (χ1v) is 13.9. The predicted octanol–water partition coefficient (Wildman–Crippen LogP) is 5.69. The average Bonchev–Trinajstić information content (AvgIpc) is 2.98. The van der Waals surface area contributed by atoms with Crippen LogP contribution >= 0.6 is 23.2 Å². The second kappa shape index (κ2) is 17.0. The van der Waals surface area contributed by atoms with E-state index >= 15 is 0 Å². The lowest BCUT2D eigenvalue weighted by Crippen LogP contribution is -2.43. The first-order valence-electron chi connectivity index (χ1n) is 12.8. The maximum atomic E-state index is 12.9. The number of amides is 1. The van der Waals surface area contributed by atoms with Gasteiger partial charge in [0.25, 0.3) is 0 Å². The summed E-state index contributed by atoms with van der Waals surface area (Å²) in [6.45, 7) is 1.38. The molecule has 0 aliphatic carbocycles. The van der Waals surface area contributed by atoms with E-state index in [0.717, 1.165) is 16.8 Å². The minimum atomic E-state index is -1.12. The van der Waals surface area contributed by atoms with Gasteiger partial charge < -0.3 is 24.4 Å². The molecule has 0 fully saturated rings. The normalized spacial score (nSPS) is 11.2. The molecule has 40 heavy (non-hydrogen) atoms. The van der Waals surface area contributed by atoms with Crippen molar-refractivity contribution in [1.29, 1.82) is 0 Å². The molecule has 0 aromatic heterocycles. The molecular formula is C30H32Cl2N2O6. The number of rotatable bonds is 15. The van der Waals surface area contributed by atoms with Gasteiger partial charge in [0.05, 0.1) is 0 Å². The number of ether oxygens (including phenoxy) is 3. The fourth-order valence-electron chi connectivity index (χ4n) is 3.73. The van der Waals surface area contributed by atoms with Crippen LogP contribution in [0.5, 0.6) is 5.75 Å². The largest absolute Gasteiger partial charge is 0.461 e. The van der Waals surface area contributed by atoms with E-state index in [4.69, 9.17) is 37.4 Å². The molecule has 10 heteroatoms. The van der Waals surface area contributed by atoms with Gasteiger partial charge in [-0.2, -0.15) is 0 Å². The number of esters is 2. The summed E-state index contributed by atoms with van der Waals surface area (Å²) >= 11 is 11.7. The van der Waals surface area contributed by atoms with Crippen molar-refractivity contribution in [3.8, 4) is 5.75 Å². The lowest BCUT2D eigenvalue weighted by Gasteiger charge is -2.23. The third-order valence-electron chi connectivity index (χ3n) is 5.80. The van der Waals surface area contributed by atoms with E-state index in [9.17, 15) is 14.4 Å². The van der Waals surface area contributed by atoms with Crippen LogP contribution in [-0.2, 0) is 32.3 Å².